The average Bonchev–Trinajstić information content (AvgIpc) is 2.18. The number of likely N-dealkylation sites (N-methyl/N-ethyl adjacent to an activating group) is 1. The molecule has 0 spiro atoms. The van der Waals surface area contributed by atoms with Gasteiger partial charge in [0.2, 0.25) is 0 Å². The van der Waals surface area contributed by atoms with Crippen LogP contribution >= 0.6 is 11.6 Å². The van der Waals surface area contributed by atoms with Crippen LogP contribution in [0.15, 0.2) is 0 Å². The van der Waals surface area contributed by atoms with Crippen LogP contribution in [0, 0.1) is 0 Å². The molecule has 0 bridgehead atoms. The van der Waals surface area contributed by atoms with Crippen LogP contribution < -0.4 is 0 Å². The molecule has 78 valence electrons. The number of alkyl halides is 1. The van der Waals surface area contributed by atoms with Crippen LogP contribution in [0.25, 0.3) is 0 Å². The molecule has 0 radical (unpaired) electrons. The van der Waals surface area contributed by atoms with Crippen molar-refractivity contribution in [3.05, 3.63) is 0 Å². The van der Waals surface area contributed by atoms with Crippen molar-refractivity contribution in [2.45, 2.75) is 38.3 Å². The normalized spacial score (nSPS) is 26.3. The second kappa shape index (κ2) is 5.84. The Balaban J connectivity index is 2.21. The summed E-state index contributed by atoms with van der Waals surface area (Å²) in [7, 11) is 2.12. The van der Waals surface area contributed by atoms with Crippen molar-refractivity contribution in [1.82, 2.24) is 4.90 Å². The van der Waals surface area contributed by atoms with Gasteiger partial charge in [0.05, 0.1) is 6.10 Å². The zero-order valence-corrected chi connectivity index (χ0v) is 9.39. The molecule has 1 aliphatic rings. The molecule has 1 aliphatic heterocycles. The lowest BCUT2D eigenvalue weighted by Crippen LogP contribution is -2.39. The molecule has 2 unspecified atom stereocenters. The lowest BCUT2D eigenvalue weighted by molar-refractivity contribution is -0.00563. The van der Waals surface area contributed by atoms with E-state index in [1.165, 1.54) is 19.3 Å². The molecule has 0 N–H and O–H groups in total. The molecular formula is C10H20ClNO. The van der Waals surface area contributed by atoms with Gasteiger partial charge in [0.15, 0.2) is 0 Å². The Morgan fingerprint density at radius 2 is 2.31 bits per heavy atom. The van der Waals surface area contributed by atoms with Crippen LogP contribution in [0.3, 0.4) is 0 Å². The number of hydrogen-bond acceptors (Lipinski definition) is 2. The number of hydrogen-bond donors (Lipinski definition) is 0. The highest BCUT2D eigenvalue weighted by Gasteiger charge is 2.17. The number of ether oxygens (including phenoxy) is 1. The van der Waals surface area contributed by atoms with E-state index in [9.17, 15) is 0 Å². The standard InChI is InChI=1S/C10H20ClNO/c1-9(7-11)12(2)8-10-5-3-4-6-13-10/h9-10H,3-8H2,1-2H3. The van der Waals surface area contributed by atoms with Crippen molar-refractivity contribution in [2.24, 2.45) is 0 Å². The molecule has 3 heteroatoms. The van der Waals surface area contributed by atoms with Crippen molar-refractivity contribution in [1.29, 1.82) is 0 Å². The summed E-state index contributed by atoms with van der Waals surface area (Å²) in [5.74, 6) is 0.698. The van der Waals surface area contributed by atoms with Gasteiger partial charge in [-0.2, -0.15) is 0 Å². The summed E-state index contributed by atoms with van der Waals surface area (Å²) in [6, 6.07) is 0.451. The summed E-state index contributed by atoms with van der Waals surface area (Å²) in [5, 5.41) is 0. The number of rotatable bonds is 4. The fraction of sp³-hybridized carbons (Fsp3) is 1.00. The van der Waals surface area contributed by atoms with Gasteiger partial charge in [-0.3, -0.25) is 4.90 Å². The van der Waals surface area contributed by atoms with Crippen LogP contribution in [-0.4, -0.2) is 43.1 Å². The Kier molecular flexibility index (Phi) is 5.07. The molecule has 0 aromatic carbocycles. The molecule has 0 saturated carbocycles. The maximum absolute atomic E-state index is 5.78. The van der Waals surface area contributed by atoms with Gasteiger partial charge in [0.1, 0.15) is 0 Å². The highest BCUT2D eigenvalue weighted by Crippen LogP contribution is 2.14. The number of nitrogens with zero attached hydrogens (tertiary/aromatic N) is 1. The first-order valence-electron chi connectivity index (χ1n) is 5.12. The van der Waals surface area contributed by atoms with Crippen LogP contribution in [0.4, 0.5) is 0 Å². The summed E-state index contributed by atoms with van der Waals surface area (Å²) in [4.78, 5) is 2.28. The van der Waals surface area contributed by atoms with E-state index < -0.39 is 0 Å². The van der Waals surface area contributed by atoms with Gasteiger partial charge in [-0.05, 0) is 33.2 Å². The monoisotopic (exact) mass is 205 g/mol. The molecule has 1 rings (SSSR count). The maximum atomic E-state index is 5.78. The van der Waals surface area contributed by atoms with E-state index in [0.29, 0.717) is 18.0 Å². The molecule has 0 aromatic heterocycles. The fourth-order valence-corrected chi connectivity index (χ4v) is 1.81. The van der Waals surface area contributed by atoms with Crippen molar-refractivity contribution < 1.29 is 4.74 Å². The van der Waals surface area contributed by atoms with Gasteiger partial charge in [0.25, 0.3) is 0 Å². The van der Waals surface area contributed by atoms with Crippen molar-refractivity contribution in [3.63, 3.8) is 0 Å². The summed E-state index contributed by atoms with van der Waals surface area (Å²) in [6.07, 6.45) is 4.18. The predicted molar refractivity (Wildman–Crippen MR) is 56.4 cm³/mol. The molecule has 0 aliphatic carbocycles. The fourth-order valence-electron chi connectivity index (χ4n) is 1.57. The first kappa shape index (κ1) is 11.3. The molecule has 0 aromatic rings. The molecule has 1 fully saturated rings. The average molecular weight is 206 g/mol. The predicted octanol–water partition coefficient (Wildman–Crippen LogP) is 2.11. The highest BCUT2D eigenvalue weighted by molar-refractivity contribution is 6.18. The van der Waals surface area contributed by atoms with Gasteiger partial charge in [0, 0.05) is 25.1 Å². The minimum atomic E-state index is 0.435. The van der Waals surface area contributed by atoms with Crippen molar-refractivity contribution >= 4 is 11.6 Å². The van der Waals surface area contributed by atoms with Gasteiger partial charge >= 0.3 is 0 Å². The minimum Gasteiger partial charge on any atom is -0.377 e. The Labute approximate surface area is 86.2 Å². The van der Waals surface area contributed by atoms with Crippen LogP contribution in [0.1, 0.15) is 26.2 Å². The lowest BCUT2D eigenvalue weighted by atomic mass is 10.1. The highest BCUT2D eigenvalue weighted by atomic mass is 35.5. The van der Waals surface area contributed by atoms with E-state index in [1.54, 1.807) is 0 Å². The van der Waals surface area contributed by atoms with Gasteiger partial charge in [-0.15, -0.1) is 11.6 Å². The van der Waals surface area contributed by atoms with E-state index in [1.807, 2.05) is 0 Å². The summed E-state index contributed by atoms with van der Waals surface area (Å²) < 4.78 is 5.66. The quantitative estimate of drug-likeness (QED) is 0.652. The van der Waals surface area contributed by atoms with Crippen LogP contribution in [-0.2, 0) is 4.74 Å². The summed E-state index contributed by atoms with van der Waals surface area (Å²) in [5.41, 5.74) is 0. The van der Waals surface area contributed by atoms with E-state index in [0.717, 1.165) is 13.2 Å². The first-order chi connectivity index (χ1) is 6.24. The second-order valence-corrected chi connectivity index (χ2v) is 4.24. The largest absolute Gasteiger partial charge is 0.377 e. The third kappa shape index (κ3) is 3.84. The Bertz CT molecular complexity index is 137. The maximum Gasteiger partial charge on any atom is 0.0702 e. The molecule has 1 saturated heterocycles. The van der Waals surface area contributed by atoms with Crippen LogP contribution in [0.2, 0.25) is 0 Å². The van der Waals surface area contributed by atoms with Gasteiger partial charge < -0.3 is 4.74 Å². The molecule has 1 heterocycles. The third-order valence-electron chi connectivity index (χ3n) is 2.74. The molecule has 2 atom stereocenters. The smallest absolute Gasteiger partial charge is 0.0702 e. The van der Waals surface area contributed by atoms with Crippen LogP contribution in [0.5, 0.6) is 0 Å². The van der Waals surface area contributed by atoms with Crippen molar-refractivity contribution in [3.8, 4) is 0 Å². The Hall–Kier alpha value is 0.210. The van der Waals surface area contributed by atoms with E-state index in [2.05, 4.69) is 18.9 Å². The van der Waals surface area contributed by atoms with Gasteiger partial charge in [-0.1, -0.05) is 0 Å². The first-order valence-corrected chi connectivity index (χ1v) is 5.65. The zero-order chi connectivity index (χ0) is 9.68. The van der Waals surface area contributed by atoms with E-state index >= 15 is 0 Å². The topological polar surface area (TPSA) is 12.5 Å². The van der Waals surface area contributed by atoms with Gasteiger partial charge in [-0.25, -0.2) is 0 Å². The molecule has 13 heavy (non-hydrogen) atoms. The second-order valence-electron chi connectivity index (χ2n) is 3.93. The third-order valence-corrected chi connectivity index (χ3v) is 3.19. The molecule has 2 nitrogen and oxygen atoms in total. The zero-order valence-electron chi connectivity index (χ0n) is 8.63. The summed E-state index contributed by atoms with van der Waals surface area (Å²) >= 11 is 5.78. The SMILES string of the molecule is CC(CCl)N(C)CC1CCCCO1. The minimum absolute atomic E-state index is 0.435. The van der Waals surface area contributed by atoms with E-state index in [4.69, 9.17) is 16.3 Å². The van der Waals surface area contributed by atoms with E-state index in [-0.39, 0.29) is 0 Å². The number of halogens is 1. The Morgan fingerprint density at radius 3 is 2.85 bits per heavy atom. The summed E-state index contributed by atoms with van der Waals surface area (Å²) in [6.45, 7) is 4.11. The molecule has 0 amide bonds. The molecular weight excluding hydrogens is 186 g/mol. The van der Waals surface area contributed by atoms with Crippen molar-refractivity contribution in [2.75, 3.05) is 26.1 Å². The lowest BCUT2D eigenvalue weighted by Gasteiger charge is -2.30. The Morgan fingerprint density at radius 1 is 1.54 bits per heavy atom.